The number of para-hydroxylation sites is 2. The van der Waals surface area contributed by atoms with E-state index in [-0.39, 0.29) is 64.9 Å². The molecule has 2 N–H and O–H groups in total. The molecule has 114 valence electrons. The summed E-state index contributed by atoms with van der Waals surface area (Å²) in [6, 6.07) is 10.7. The van der Waals surface area contributed by atoms with Crippen molar-refractivity contribution < 1.29 is 30.7 Å². The Morgan fingerprint density at radius 2 is 1.13 bits per heavy atom. The largest absolute Gasteiger partial charge is 0.454 e. The third kappa shape index (κ3) is 6.13. The molecule has 0 aromatic heterocycles. The van der Waals surface area contributed by atoms with Crippen LogP contribution in [0.5, 0.6) is 11.5 Å². The summed E-state index contributed by atoms with van der Waals surface area (Å²) < 4.78 is 68.8. The van der Waals surface area contributed by atoms with Gasteiger partial charge in [0.05, 0.1) is 0 Å². The van der Waals surface area contributed by atoms with Crippen molar-refractivity contribution in [3.63, 3.8) is 0 Å². The second-order valence-corrected chi connectivity index (χ2v) is 6.73. The van der Waals surface area contributed by atoms with Crippen LogP contribution < -0.4 is 4.74 Å². The molecule has 2 rings (SSSR count). The van der Waals surface area contributed by atoms with E-state index in [4.69, 9.17) is 13.8 Å². The average molecular weight is 376 g/mol. The van der Waals surface area contributed by atoms with Crippen molar-refractivity contribution in [3.05, 3.63) is 48.5 Å². The fraction of sp³-hybridized carbons (Fsp3) is 0. The molecule has 0 unspecified atom stereocenters. The maximum Gasteiger partial charge on any atom is 0.298 e. The molecule has 23 heavy (non-hydrogen) atoms. The predicted molar refractivity (Wildman–Crippen MR) is 84.1 cm³/mol. The van der Waals surface area contributed by atoms with Gasteiger partial charge in [0, 0.05) is 59.1 Å². The molecule has 0 aliphatic rings. The Kier molecular flexibility index (Phi) is 8.98. The van der Waals surface area contributed by atoms with Gasteiger partial charge >= 0.3 is 0 Å². The molecule has 2 aromatic carbocycles. The van der Waals surface area contributed by atoms with Crippen molar-refractivity contribution >= 4 is 79.4 Å². The monoisotopic (exact) mass is 376 g/mol. The van der Waals surface area contributed by atoms with E-state index < -0.39 is 35.8 Å². The summed E-state index contributed by atoms with van der Waals surface area (Å²) in [7, 11) is -9.47. The van der Waals surface area contributed by atoms with E-state index >= 15 is 0 Å². The van der Waals surface area contributed by atoms with Gasteiger partial charge in [-0.2, -0.15) is 16.8 Å². The standard InChI is InChI=1S/C12H10O7S2.2Na/c13-20(14,15)10-7-4-8-11(21(16,17)18)12(10)19-9-5-2-1-3-6-9;;/h1-8H,(H,13,14,15)(H,16,17,18);;. The first-order valence-corrected chi connectivity index (χ1v) is 8.38. The fourth-order valence-corrected chi connectivity index (χ4v) is 2.95. The zero-order chi connectivity index (χ0) is 15.7. The molecule has 0 heterocycles. The van der Waals surface area contributed by atoms with E-state index in [9.17, 15) is 16.8 Å². The molecule has 0 saturated heterocycles. The number of rotatable bonds is 4. The van der Waals surface area contributed by atoms with Gasteiger partial charge in [-0.25, -0.2) is 0 Å². The molecule has 0 atom stereocenters. The summed E-state index contributed by atoms with van der Waals surface area (Å²) >= 11 is 0. The summed E-state index contributed by atoms with van der Waals surface area (Å²) in [5.74, 6) is -0.535. The number of hydrogen-bond donors (Lipinski definition) is 2. The minimum atomic E-state index is -4.74. The molecule has 0 spiro atoms. The molecule has 0 fully saturated rings. The zero-order valence-electron chi connectivity index (χ0n) is 12.4. The third-order valence-electron chi connectivity index (χ3n) is 2.46. The van der Waals surface area contributed by atoms with Gasteiger partial charge in [0.15, 0.2) is 5.75 Å². The van der Waals surface area contributed by atoms with Crippen LogP contribution in [0.2, 0.25) is 0 Å². The van der Waals surface area contributed by atoms with Gasteiger partial charge in [-0.1, -0.05) is 24.3 Å². The Morgan fingerprint density at radius 3 is 1.52 bits per heavy atom. The van der Waals surface area contributed by atoms with Crippen LogP contribution in [0.3, 0.4) is 0 Å². The average Bonchev–Trinajstić information content (AvgIpc) is 2.37. The van der Waals surface area contributed by atoms with Gasteiger partial charge in [0.1, 0.15) is 15.5 Å². The van der Waals surface area contributed by atoms with E-state index in [1.54, 1.807) is 18.2 Å². The molecular weight excluding hydrogens is 366 g/mol. The number of hydrogen-bond acceptors (Lipinski definition) is 5. The molecule has 7 nitrogen and oxygen atoms in total. The summed E-state index contributed by atoms with van der Waals surface area (Å²) in [5, 5.41) is 0. The van der Waals surface area contributed by atoms with Crippen molar-refractivity contribution in [2.75, 3.05) is 0 Å². The van der Waals surface area contributed by atoms with Crippen molar-refractivity contribution in [1.29, 1.82) is 0 Å². The first-order valence-electron chi connectivity index (χ1n) is 5.50. The van der Waals surface area contributed by atoms with Crippen LogP contribution in [-0.2, 0) is 20.2 Å². The smallest absolute Gasteiger partial charge is 0.298 e. The van der Waals surface area contributed by atoms with Gasteiger partial charge < -0.3 is 4.74 Å². The van der Waals surface area contributed by atoms with Gasteiger partial charge in [-0.05, 0) is 24.3 Å². The maximum absolute atomic E-state index is 11.3. The Labute approximate surface area is 178 Å². The van der Waals surface area contributed by atoms with Gasteiger partial charge in [-0.3, -0.25) is 9.11 Å². The van der Waals surface area contributed by atoms with Gasteiger partial charge in [0.25, 0.3) is 20.2 Å². The Bertz CT molecular complexity index is 815. The molecule has 2 aromatic rings. The van der Waals surface area contributed by atoms with Crippen LogP contribution in [0.15, 0.2) is 58.3 Å². The Balaban J connectivity index is 0.00000242. The summed E-state index contributed by atoms with van der Waals surface area (Å²) in [4.78, 5) is -1.53. The van der Waals surface area contributed by atoms with Crippen LogP contribution in [0, 0.1) is 0 Å². The first-order chi connectivity index (χ1) is 9.69. The molecular formula is C12H10Na2O7S2. The van der Waals surface area contributed by atoms with Crippen LogP contribution in [-0.4, -0.2) is 85.1 Å². The van der Waals surface area contributed by atoms with Crippen molar-refractivity contribution in [3.8, 4) is 11.5 Å². The quantitative estimate of drug-likeness (QED) is 0.608. The van der Waals surface area contributed by atoms with E-state index in [0.717, 1.165) is 18.2 Å². The van der Waals surface area contributed by atoms with Crippen LogP contribution in [0.4, 0.5) is 0 Å². The van der Waals surface area contributed by atoms with E-state index in [1.807, 2.05) is 0 Å². The fourth-order valence-electron chi connectivity index (χ4n) is 1.61. The van der Waals surface area contributed by atoms with E-state index in [2.05, 4.69) is 0 Å². The molecule has 11 heteroatoms. The number of ether oxygens (including phenoxy) is 1. The maximum atomic E-state index is 11.3. The minimum Gasteiger partial charge on any atom is -0.454 e. The Hall–Kier alpha value is 0.0600. The van der Waals surface area contributed by atoms with Crippen molar-refractivity contribution in [1.82, 2.24) is 0 Å². The predicted octanol–water partition coefficient (Wildman–Crippen LogP) is 1.21. The SMILES string of the molecule is O=S(=O)(O)c1cccc(S(=O)(=O)O)c1Oc1ccccc1.[Na].[Na]. The van der Waals surface area contributed by atoms with Crippen LogP contribution in [0.1, 0.15) is 0 Å². The van der Waals surface area contributed by atoms with Crippen molar-refractivity contribution in [2.45, 2.75) is 9.79 Å². The summed E-state index contributed by atoms with van der Waals surface area (Å²) in [6.45, 7) is 0. The molecule has 0 saturated carbocycles. The molecule has 0 aliphatic carbocycles. The molecule has 0 bridgehead atoms. The summed E-state index contributed by atoms with van der Waals surface area (Å²) in [6.07, 6.45) is 0. The first kappa shape index (κ1) is 23.1. The van der Waals surface area contributed by atoms with Gasteiger partial charge in [-0.15, -0.1) is 0 Å². The normalized spacial score (nSPS) is 11.0. The van der Waals surface area contributed by atoms with E-state index in [0.29, 0.717) is 0 Å². The number of benzene rings is 2. The molecule has 0 aliphatic heterocycles. The van der Waals surface area contributed by atoms with Crippen molar-refractivity contribution in [2.24, 2.45) is 0 Å². The van der Waals surface area contributed by atoms with Crippen LogP contribution in [0.25, 0.3) is 0 Å². The molecule has 2 radical (unpaired) electrons. The van der Waals surface area contributed by atoms with Crippen LogP contribution >= 0.6 is 0 Å². The molecule has 0 amide bonds. The second-order valence-electron chi connectivity index (χ2n) is 3.95. The Morgan fingerprint density at radius 1 is 0.696 bits per heavy atom. The van der Waals surface area contributed by atoms with E-state index in [1.165, 1.54) is 12.1 Å². The zero-order valence-corrected chi connectivity index (χ0v) is 18.0. The van der Waals surface area contributed by atoms with Gasteiger partial charge in [0.2, 0.25) is 0 Å². The second kappa shape index (κ2) is 8.95. The summed E-state index contributed by atoms with van der Waals surface area (Å²) in [5.41, 5.74) is 0. The topological polar surface area (TPSA) is 118 Å². The minimum absolute atomic E-state index is 0. The third-order valence-corrected chi connectivity index (χ3v) is 4.22.